The second kappa shape index (κ2) is 7.33. The molecule has 0 aromatic heterocycles. The first-order valence-electron chi connectivity index (χ1n) is 5.31. The first-order chi connectivity index (χ1) is 9.01. The highest BCUT2D eigenvalue weighted by Crippen LogP contribution is 2.33. The molecule has 1 rings (SSSR count). The number of amides is 1. The number of para-hydroxylation sites is 1. The minimum absolute atomic E-state index is 0.196. The Kier molecular flexibility index (Phi) is 6.08. The minimum Gasteiger partial charge on any atom is -0.468 e. The van der Waals surface area contributed by atoms with Crippen LogP contribution in [-0.2, 0) is 19.1 Å². The number of methoxy groups -OCH3 is 2. The quantitative estimate of drug-likeness (QED) is 0.782. The number of nitrogens with zero attached hydrogens (tertiary/aromatic N) is 1. The Labute approximate surface area is 121 Å². The molecule has 1 amide bonds. The molecule has 0 saturated carbocycles. The Hall–Kier alpha value is -1.30. The maximum atomic E-state index is 12.0. The maximum Gasteiger partial charge on any atom is 0.325 e. The molecule has 0 N–H and O–H groups in total. The molecule has 0 aliphatic rings. The fourth-order valence-corrected chi connectivity index (χ4v) is 2.04. The molecule has 0 fully saturated rings. The number of carbonyl (C=O) groups excluding carboxylic acids is 2. The number of ether oxygens (including phenoxy) is 2. The van der Waals surface area contributed by atoms with Gasteiger partial charge in [0.25, 0.3) is 5.91 Å². The lowest BCUT2D eigenvalue weighted by Gasteiger charge is -2.23. The first kappa shape index (κ1) is 15.8. The number of benzene rings is 1. The van der Waals surface area contributed by atoms with E-state index in [1.54, 1.807) is 18.2 Å². The van der Waals surface area contributed by atoms with Crippen molar-refractivity contribution in [3.63, 3.8) is 0 Å². The summed E-state index contributed by atoms with van der Waals surface area (Å²) in [7, 11) is 2.61. The van der Waals surface area contributed by atoms with Crippen molar-refractivity contribution < 1.29 is 19.1 Å². The third-order valence-corrected chi connectivity index (χ3v) is 2.90. The molecule has 0 aliphatic carbocycles. The summed E-state index contributed by atoms with van der Waals surface area (Å²) in [5.74, 6) is -1.02. The molecule has 0 radical (unpaired) electrons. The second-order valence-electron chi connectivity index (χ2n) is 3.56. The van der Waals surface area contributed by atoms with E-state index < -0.39 is 11.9 Å². The lowest BCUT2D eigenvalue weighted by atomic mass is 10.2. The van der Waals surface area contributed by atoms with E-state index in [9.17, 15) is 9.59 Å². The molecule has 7 heteroatoms. The Balaban J connectivity index is 3.15. The van der Waals surface area contributed by atoms with E-state index in [2.05, 4.69) is 4.74 Å². The van der Waals surface area contributed by atoms with Gasteiger partial charge in [-0.3, -0.25) is 14.5 Å². The molecule has 0 bridgehead atoms. The largest absolute Gasteiger partial charge is 0.468 e. The fourth-order valence-electron chi connectivity index (χ4n) is 1.43. The molecule has 0 aliphatic heterocycles. The SMILES string of the molecule is COCC(=O)N(CC(=O)OC)c1c(Cl)cccc1Cl. The van der Waals surface area contributed by atoms with Crippen molar-refractivity contribution in [3.05, 3.63) is 28.2 Å². The Morgan fingerprint density at radius 2 is 1.79 bits per heavy atom. The van der Waals surface area contributed by atoms with E-state index in [0.717, 1.165) is 4.90 Å². The molecule has 104 valence electrons. The van der Waals surface area contributed by atoms with Gasteiger partial charge < -0.3 is 9.47 Å². The lowest BCUT2D eigenvalue weighted by molar-refractivity contribution is -0.140. The zero-order chi connectivity index (χ0) is 14.4. The first-order valence-corrected chi connectivity index (χ1v) is 6.07. The van der Waals surface area contributed by atoms with E-state index in [0.29, 0.717) is 0 Å². The van der Waals surface area contributed by atoms with Crippen molar-refractivity contribution >= 4 is 40.8 Å². The molecule has 5 nitrogen and oxygen atoms in total. The maximum absolute atomic E-state index is 12.0. The molecule has 0 unspecified atom stereocenters. The molecule has 1 aromatic carbocycles. The highest BCUT2D eigenvalue weighted by atomic mass is 35.5. The van der Waals surface area contributed by atoms with E-state index in [-0.39, 0.29) is 28.9 Å². The van der Waals surface area contributed by atoms with Crippen LogP contribution >= 0.6 is 23.2 Å². The predicted molar refractivity (Wildman–Crippen MR) is 72.7 cm³/mol. The van der Waals surface area contributed by atoms with Gasteiger partial charge in [0.1, 0.15) is 13.2 Å². The summed E-state index contributed by atoms with van der Waals surface area (Å²) < 4.78 is 9.32. The van der Waals surface area contributed by atoms with Crippen LogP contribution < -0.4 is 4.90 Å². The van der Waals surface area contributed by atoms with Crippen LogP contribution in [0.3, 0.4) is 0 Å². The average Bonchev–Trinajstić information content (AvgIpc) is 2.37. The third-order valence-electron chi connectivity index (χ3n) is 2.29. The number of hydrogen-bond donors (Lipinski definition) is 0. The van der Waals surface area contributed by atoms with Crippen LogP contribution in [0.4, 0.5) is 5.69 Å². The van der Waals surface area contributed by atoms with Crippen LogP contribution in [0, 0.1) is 0 Å². The van der Waals surface area contributed by atoms with Gasteiger partial charge in [0.15, 0.2) is 0 Å². The van der Waals surface area contributed by atoms with Crippen molar-refractivity contribution in [1.82, 2.24) is 0 Å². The van der Waals surface area contributed by atoms with Gasteiger partial charge in [-0.1, -0.05) is 29.3 Å². The molecular formula is C12H13Cl2NO4. The van der Waals surface area contributed by atoms with Crippen molar-refractivity contribution in [3.8, 4) is 0 Å². The second-order valence-corrected chi connectivity index (χ2v) is 4.37. The fraction of sp³-hybridized carbons (Fsp3) is 0.333. The zero-order valence-electron chi connectivity index (χ0n) is 10.5. The van der Waals surface area contributed by atoms with Crippen LogP contribution in [0.25, 0.3) is 0 Å². The molecule has 19 heavy (non-hydrogen) atoms. The van der Waals surface area contributed by atoms with E-state index in [4.69, 9.17) is 27.9 Å². The number of carbonyl (C=O) groups is 2. The Morgan fingerprint density at radius 1 is 1.21 bits per heavy atom. The van der Waals surface area contributed by atoms with Crippen LogP contribution in [0.5, 0.6) is 0 Å². The molecule has 0 spiro atoms. The van der Waals surface area contributed by atoms with Crippen LogP contribution in [0.15, 0.2) is 18.2 Å². The average molecular weight is 306 g/mol. The molecule has 0 heterocycles. The normalized spacial score (nSPS) is 10.1. The van der Waals surface area contributed by atoms with Gasteiger partial charge in [-0.2, -0.15) is 0 Å². The van der Waals surface area contributed by atoms with E-state index in [1.807, 2.05) is 0 Å². The topological polar surface area (TPSA) is 55.8 Å². The van der Waals surface area contributed by atoms with Gasteiger partial charge in [-0.15, -0.1) is 0 Å². The summed E-state index contributed by atoms with van der Waals surface area (Å²) in [6.45, 7) is -0.485. The van der Waals surface area contributed by atoms with Crippen molar-refractivity contribution in [2.75, 3.05) is 32.3 Å². The van der Waals surface area contributed by atoms with Gasteiger partial charge in [-0.25, -0.2) is 0 Å². The van der Waals surface area contributed by atoms with Crippen LogP contribution in [-0.4, -0.2) is 39.2 Å². The predicted octanol–water partition coefficient (Wildman–Crippen LogP) is 2.15. The summed E-state index contributed by atoms with van der Waals surface area (Å²) in [5.41, 5.74) is 0.262. The molecule has 0 atom stereocenters. The number of rotatable bonds is 5. The van der Waals surface area contributed by atoms with Crippen LogP contribution in [0.2, 0.25) is 10.0 Å². The number of anilines is 1. The minimum atomic E-state index is -0.583. The highest BCUT2D eigenvalue weighted by molar-refractivity contribution is 6.40. The van der Waals surface area contributed by atoms with Gasteiger partial charge in [0, 0.05) is 7.11 Å². The summed E-state index contributed by atoms with van der Waals surface area (Å²) in [4.78, 5) is 24.5. The smallest absolute Gasteiger partial charge is 0.325 e. The molecule has 0 saturated heterocycles. The van der Waals surface area contributed by atoms with Gasteiger partial charge >= 0.3 is 5.97 Å². The van der Waals surface area contributed by atoms with E-state index >= 15 is 0 Å². The molecular weight excluding hydrogens is 293 g/mol. The van der Waals surface area contributed by atoms with Crippen molar-refractivity contribution in [1.29, 1.82) is 0 Å². The summed E-state index contributed by atoms with van der Waals surface area (Å²) >= 11 is 12.0. The zero-order valence-corrected chi connectivity index (χ0v) is 12.0. The van der Waals surface area contributed by atoms with Gasteiger partial charge in [-0.05, 0) is 12.1 Å². The summed E-state index contributed by atoms with van der Waals surface area (Å²) in [6, 6.07) is 4.80. The van der Waals surface area contributed by atoms with E-state index in [1.165, 1.54) is 14.2 Å². The highest BCUT2D eigenvalue weighted by Gasteiger charge is 2.23. The number of halogens is 2. The number of hydrogen-bond acceptors (Lipinski definition) is 4. The lowest BCUT2D eigenvalue weighted by Crippen LogP contribution is -2.38. The standard InChI is InChI=1S/C12H13Cl2NO4/c1-18-7-10(16)15(6-11(17)19-2)12-8(13)4-3-5-9(12)14/h3-5H,6-7H2,1-2H3. The summed E-state index contributed by atoms with van der Waals surface area (Å²) in [5, 5.41) is 0.529. The number of esters is 1. The van der Waals surface area contributed by atoms with Crippen molar-refractivity contribution in [2.45, 2.75) is 0 Å². The van der Waals surface area contributed by atoms with Gasteiger partial charge in [0.2, 0.25) is 0 Å². The molecule has 1 aromatic rings. The van der Waals surface area contributed by atoms with Crippen molar-refractivity contribution in [2.24, 2.45) is 0 Å². The summed E-state index contributed by atoms with van der Waals surface area (Å²) in [6.07, 6.45) is 0. The van der Waals surface area contributed by atoms with Crippen LogP contribution in [0.1, 0.15) is 0 Å². The monoisotopic (exact) mass is 305 g/mol. The van der Waals surface area contributed by atoms with Gasteiger partial charge in [0.05, 0.1) is 22.8 Å². The Morgan fingerprint density at radius 3 is 2.26 bits per heavy atom. The Bertz CT molecular complexity index is 459. The third kappa shape index (κ3) is 4.09.